The van der Waals surface area contributed by atoms with E-state index in [2.05, 4.69) is 27.3 Å². The van der Waals surface area contributed by atoms with E-state index in [4.69, 9.17) is 5.11 Å². The third-order valence-corrected chi connectivity index (χ3v) is 3.73. The molecule has 0 aliphatic heterocycles. The standard InChI is InChI=1S/C11H16BrNO2S/c1-8(14)7-13-11(15)4-2-3-9-5-6-10(12)16-9/h5-6,8,14H,2-4,7H2,1H3,(H,13,15). The number of nitrogens with one attached hydrogen (secondary N) is 1. The van der Waals surface area contributed by atoms with E-state index in [1.165, 1.54) is 4.88 Å². The molecule has 1 unspecified atom stereocenters. The number of carbonyl (C=O) groups is 1. The number of aliphatic hydroxyl groups excluding tert-OH is 1. The van der Waals surface area contributed by atoms with Crippen molar-refractivity contribution in [1.82, 2.24) is 5.32 Å². The Morgan fingerprint density at radius 3 is 2.94 bits per heavy atom. The highest BCUT2D eigenvalue weighted by molar-refractivity contribution is 9.11. The molecular formula is C11H16BrNO2S. The second-order valence-corrected chi connectivity index (χ2v) is 6.26. The van der Waals surface area contributed by atoms with Crippen molar-refractivity contribution in [2.45, 2.75) is 32.3 Å². The lowest BCUT2D eigenvalue weighted by Gasteiger charge is -2.06. The second-order valence-electron chi connectivity index (χ2n) is 3.71. The molecule has 2 N–H and O–H groups in total. The van der Waals surface area contributed by atoms with Crippen molar-refractivity contribution in [2.75, 3.05) is 6.54 Å². The van der Waals surface area contributed by atoms with Gasteiger partial charge in [-0.05, 0) is 47.8 Å². The number of carbonyl (C=O) groups excluding carboxylic acids is 1. The zero-order valence-electron chi connectivity index (χ0n) is 9.20. The Bertz CT molecular complexity index is 338. The Morgan fingerprint density at radius 2 is 2.38 bits per heavy atom. The van der Waals surface area contributed by atoms with Gasteiger partial charge < -0.3 is 10.4 Å². The lowest BCUT2D eigenvalue weighted by molar-refractivity contribution is -0.121. The lowest BCUT2D eigenvalue weighted by atomic mass is 10.2. The van der Waals surface area contributed by atoms with E-state index in [9.17, 15) is 4.79 Å². The molecule has 1 aromatic heterocycles. The summed E-state index contributed by atoms with van der Waals surface area (Å²) in [5, 5.41) is 11.7. The highest BCUT2D eigenvalue weighted by Crippen LogP contribution is 2.23. The summed E-state index contributed by atoms with van der Waals surface area (Å²) in [7, 11) is 0. The summed E-state index contributed by atoms with van der Waals surface area (Å²) < 4.78 is 1.13. The quantitative estimate of drug-likeness (QED) is 0.847. The van der Waals surface area contributed by atoms with Crippen molar-refractivity contribution in [2.24, 2.45) is 0 Å². The summed E-state index contributed by atoms with van der Waals surface area (Å²) in [4.78, 5) is 12.6. The normalized spacial score (nSPS) is 12.4. The molecule has 0 aromatic carbocycles. The molecule has 1 rings (SSSR count). The highest BCUT2D eigenvalue weighted by atomic mass is 79.9. The number of aryl methyl sites for hydroxylation is 1. The van der Waals surface area contributed by atoms with Crippen LogP contribution in [0.1, 0.15) is 24.6 Å². The van der Waals surface area contributed by atoms with Crippen LogP contribution in [-0.4, -0.2) is 23.7 Å². The van der Waals surface area contributed by atoms with Crippen LogP contribution in [0.2, 0.25) is 0 Å². The van der Waals surface area contributed by atoms with Gasteiger partial charge in [0.15, 0.2) is 0 Å². The van der Waals surface area contributed by atoms with Gasteiger partial charge in [-0.3, -0.25) is 4.79 Å². The van der Waals surface area contributed by atoms with E-state index in [0.29, 0.717) is 13.0 Å². The van der Waals surface area contributed by atoms with Crippen molar-refractivity contribution in [1.29, 1.82) is 0 Å². The van der Waals surface area contributed by atoms with E-state index in [0.717, 1.165) is 16.6 Å². The van der Waals surface area contributed by atoms with Gasteiger partial charge in [0, 0.05) is 17.8 Å². The summed E-state index contributed by atoms with van der Waals surface area (Å²) in [6.07, 6.45) is 1.82. The number of aliphatic hydroxyl groups is 1. The summed E-state index contributed by atoms with van der Waals surface area (Å²) in [5.41, 5.74) is 0. The molecule has 1 amide bonds. The van der Waals surface area contributed by atoms with E-state index < -0.39 is 6.10 Å². The molecule has 90 valence electrons. The maximum Gasteiger partial charge on any atom is 0.220 e. The van der Waals surface area contributed by atoms with Gasteiger partial charge in [-0.15, -0.1) is 11.3 Å². The first-order valence-electron chi connectivity index (χ1n) is 5.27. The molecule has 0 saturated carbocycles. The van der Waals surface area contributed by atoms with Crippen LogP contribution in [0.25, 0.3) is 0 Å². The van der Waals surface area contributed by atoms with Crippen LogP contribution >= 0.6 is 27.3 Å². The van der Waals surface area contributed by atoms with E-state index in [1.807, 2.05) is 6.07 Å². The molecule has 0 radical (unpaired) electrons. The number of amides is 1. The number of halogens is 1. The Balaban J connectivity index is 2.13. The zero-order valence-corrected chi connectivity index (χ0v) is 11.6. The third-order valence-electron chi connectivity index (χ3n) is 2.05. The second kappa shape index (κ2) is 7.04. The Labute approximate surface area is 108 Å². The molecule has 5 heteroatoms. The summed E-state index contributed by atoms with van der Waals surface area (Å²) in [5.74, 6) is 0.0107. The molecule has 3 nitrogen and oxygen atoms in total. The molecule has 1 aromatic rings. The van der Waals surface area contributed by atoms with Crippen LogP contribution in [0, 0.1) is 0 Å². The van der Waals surface area contributed by atoms with Gasteiger partial charge >= 0.3 is 0 Å². The fourth-order valence-electron chi connectivity index (χ4n) is 1.26. The third kappa shape index (κ3) is 5.63. The van der Waals surface area contributed by atoms with Crippen molar-refractivity contribution in [3.05, 3.63) is 20.8 Å². The van der Waals surface area contributed by atoms with Crippen LogP contribution in [-0.2, 0) is 11.2 Å². The Kier molecular flexibility index (Phi) is 6.01. The smallest absolute Gasteiger partial charge is 0.220 e. The summed E-state index contributed by atoms with van der Waals surface area (Å²) in [6.45, 7) is 1.99. The fourth-order valence-corrected chi connectivity index (χ4v) is 2.78. The van der Waals surface area contributed by atoms with Crippen molar-refractivity contribution >= 4 is 33.2 Å². The highest BCUT2D eigenvalue weighted by Gasteiger charge is 2.04. The molecule has 0 bridgehead atoms. The minimum absolute atomic E-state index is 0.0107. The van der Waals surface area contributed by atoms with Crippen LogP contribution < -0.4 is 5.32 Å². The van der Waals surface area contributed by atoms with Crippen molar-refractivity contribution in [3.63, 3.8) is 0 Å². The minimum atomic E-state index is -0.475. The maximum atomic E-state index is 11.3. The minimum Gasteiger partial charge on any atom is -0.392 e. The van der Waals surface area contributed by atoms with Crippen LogP contribution in [0.5, 0.6) is 0 Å². The average molecular weight is 306 g/mol. The van der Waals surface area contributed by atoms with E-state index in [-0.39, 0.29) is 5.91 Å². The van der Waals surface area contributed by atoms with Gasteiger partial charge in [0.1, 0.15) is 0 Å². The van der Waals surface area contributed by atoms with Crippen LogP contribution in [0.4, 0.5) is 0 Å². The van der Waals surface area contributed by atoms with E-state index >= 15 is 0 Å². The Hall–Kier alpha value is -0.390. The van der Waals surface area contributed by atoms with Gasteiger partial charge in [-0.1, -0.05) is 0 Å². The monoisotopic (exact) mass is 305 g/mol. The van der Waals surface area contributed by atoms with Gasteiger partial charge in [0.2, 0.25) is 5.91 Å². The zero-order chi connectivity index (χ0) is 12.0. The first kappa shape index (κ1) is 13.7. The topological polar surface area (TPSA) is 49.3 Å². The molecular weight excluding hydrogens is 290 g/mol. The first-order chi connectivity index (χ1) is 7.58. The van der Waals surface area contributed by atoms with Crippen LogP contribution in [0.3, 0.4) is 0 Å². The number of thiophene rings is 1. The molecule has 0 aliphatic rings. The predicted octanol–water partition coefficient (Wildman–Crippen LogP) is 2.33. The van der Waals surface area contributed by atoms with Gasteiger partial charge in [0.25, 0.3) is 0 Å². The maximum absolute atomic E-state index is 11.3. The molecule has 0 spiro atoms. The van der Waals surface area contributed by atoms with Crippen LogP contribution in [0.15, 0.2) is 15.9 Å². The molecule has 0 saturated heterocycles. The molecule has 0 aliphatic carbocycles. The largest absolute Gasteiger partial charge is 0.392 e. The molecule has 16 heavy (non-hydrogen) atoms. The first-order valence-corrected chi connectivity index (χ1v) is 6.88. The van der Waals surface area contributed by atoms with Gasteiger partial charge in [0.05, 0.1) is 9.89 Å². The van der Waals surface area contributed by atoms with Crippen molar-refractivity contribution in [3.8, 4) is 0 Å². The fraction of sp³-hybridized carbons (Fsp3) is 0.545. The van der Waals surface area contributed by atoms with Crippen molar-refractivity contribution < 1.29 is 9.90 Å². The number of hydrogen-bond acceptors (Lipinski definition) is 3. The molecule has 1 atom stereocenters. The SMILES string of the molecule is CC(O)CNC(=O)CCCc1ccc(Br)s1. The average Bonchev–Trinajstić information content (AvgIpc) is 2.61. The lowest BCUT2D eigenvalue weighted by Crippen LogP contribution is -2.30. The summed E-state index contributed by atoms with van der Waals surface area (Å²) >= 11 is 5.11. The van der Waals surface area contributed by atoms with E-state index in [1.54, 1.807) is 18.3 Å². The number of rotatable bonds is 6. The van der Waals surface area contributed by atoms with Gasteiger partial charge in [-0.25, -0.2) is 0 Å². The predicted molar refractivity (Wildman–Crippen MR) is 69.6 cm³/mol. The Morgan fingerprint density at radius 1 is 1.62 bits per heavy atom. The summed E-state index contributed by atoms with van der Waals surface area (Å²) in [6, 6.07) is 4.09. The van der Waals surface area contributed by atoms with Gasteiger partial charge in [-0.2, -0.15) is 0 Å². The molecule has 0 fully saturated rings. The number of hydrogen-bond donors (Lipinski definition) is 2. The molecule has 1 heterocycles.